The number of fused-ring (bicyclic) bond motifs is 1. The zero-order chi connectivity index (χ0) is 18.6. The molecular weight excluding hydrogens is 336 g/mol. The molecule has 0 radical (unpaired) electrons. The molecule has 0 saturated carbocycles. The van der Waals surface area contributed by atoms with E-state index in [1.807, 2.05) is 13.0 Å². The lowest BCUT2D eigenvalue weighted by atomic mass is 10.1. The molecule has 1 aliphatic carbocycles. The van der Waals surface area contributed by atoms with Gasteiger partial charge in [-0.25, -0.2) is 0 Å². The molecule has 0 bridgehead atoms. The highest BCUT2D eigenvalue weighted by molar-refractivity contribution is 5.43. The third-order valence-electron chi connectivity index (χ3n) is 5.89. The summed E-state index contributed by atoms with van der Waals surface area (Å²) in [4.78, 5) is 5.24. The molecule has 144 valence electrons. The monoisotopic (exact) mass is 366 g/mol. The topological polar surface area (TPSA) is 24.9 Å². The standard InChI is InChI=1S/C23H30N2O2/c1-3-27-23-14-18(8-9-22(23)26-2)17-24-10-12-25(13-11-24)21-15-19-6-4-5-7-20(19)16-21/h4-9,14,21H,3,10-13,15-17H2,1-2H3. The molecular formula is C23H30N2O2. The van der Waals surface area contributed by atoms with E-state index in [-0.39, 0.29) is 0 Å². The van der Waals surface area contributed by atoms with Crippen molar-refractivity contribution in [3.63, 3.8) is 0 Å². The van der Waals surface area contributed by atoms with Crippen molar-refractivity contribution in [3.05, 3.63) is 59.2 Å². The van der Waals surface area contributed by atoms with Gasteiger partial charge in [0.15, 0.2) is 11.5 Å². The lowest BCUT2D eigenvalue weighted by molar-refractivity contribution is 0.0948. The molecule has 2 aromatic carbocycles. The Morgan fingerprint density at radius 1 is 0.926 bits per heavy atom. The van der Waals surface area contributed by atoms with Crippen LogP contribution in [0.1, 0.15) is 23.6 Å². The zero-order valence-electron chi connectivity index (χ0n) is 16.5. The molecule has 4 nitrogen and oxygen atoms in total. The Labute approximate surface area is 162 Å². The van der Waals surface area contributed by atoms with Crippen molar-refractivity contribution < 1.29 is 9.47 Å². The molecule has 0 aromatic heterocycles. The molecule has 4 heteroatoms. The number of hydrogen-bond donors (Lipinski definition) is 0. The number of hydrogen-bond acceptors (Lipinski definition) is 4. The minimum Gasteiger partial charge on any atom is -0.493 e. The normalized spacial score (nSPS) is 18.4. The van der Waals surface area contributed by atoms with Crippen LogP contribution in [-0.2, 0) is 19.4 Å². The van der Waals surface area contributed by atoms with Gasteiger partial charge in [-0.3, -0.25) is 9.80 Å². The van der Waals surface area contributed by atoms with Gasteiger partial charge in [-0.05, 0) is 48.6 Å². The minimum atomic E-state index is 0.655. The Morgan fingerprint density at radius 3 is 2.26 bits per heavy atom. The van der Waals surface area contributed by atoms with Crippen LogP contribution in [0, 0.1) is 0 Å². The van der Waals surface area contributed by atoms with Crippen LogP contribution in [0.25, 0.3) is 0 Å². The van der Waals surface area contributed by atoms with Crippen LogP contribution in [0.5, 0.6) is 11.5 Å². The Hall–Kier alpha value is -2.04. The van der Waals surface area contributed by atoms with Gasteiger partial charge in [-0.2, -0.15) is 0 Å². The van der Waals surface area contributed by atoms with Crippen molar-refractivity contribution in [2.24, 2.45) is 0 Å². The number of ether oxygens (including phenoxy) is 2. The van der Waals surface area contributed by atoms with Crippen LogP contribution in [0.15, 0.2) is 42.5 Å². The smallest absolute Gasteiger partial charge is 0.161 e. The second-order valence-electron chi connectivity index (χ2n) is 7.56. The average molecular weight is 367 g/mol. The number of methoxy groups -OCH3 is 1. The van der Waals surface area contributed by atoms with Gasteiger partial charge in [0.25, 0.3) is 0 Å². The van der Waals surface area contributed by atoms with E-state index in [2.05, 4.69) is 46.2 Å². The molecule has 0 atom stereocenters. The molecule has 0 spiro atoms. The van der Waals surface area contributed by atoms with Gasteiger partial charge in [-0.1, -0.05) is 30.3 Å². The Morgan fingerprint density at radius 2 is 1.63 bits per heavy atom. The highest BCUT2D eigenvalue weighted by Gasteiger charge is 2.29. The first kappa shape index (κ1) is 18.3. The van der Waals surface area contributed by atoms with Crippen LogP contribution >= 0.6 is 0 Å². The summed E-state index contributed by atoms with van der Waals surface area (Å²) in [6, 6.07) is 15.9. The predicted octanol–water partition coefficient (Wildman–Crippen LogP) is 3.38. The van der Waals surface area contributed by atoms with E-state index in [0.29, 0.717) is 12.6 Å². The Kier molecular flexibility index (Phi) is 5.65. The summed E-state index contributed by atoms with van der Waals surface area (Å²) in [5.41, 5.74) is 4.39. The lowest BCUT2D eigenvalue weighted by Crippen LogP contribution is -2.50. The van der Waals surface area contributed by atoms with Gasteiger partial charge in [0.05, 0.1) is 13.7 Å². The van der Waals surface area contributed by atoms with Crippen molar-refractivity contribution >= 4 is 0 Å². The van der Waals surface area contributed by atoms with E-state index in [1.165, 1.54) is 18.4 Å². The maximum Gasteiger partial charge on any atom is 0.161 e. The second kappa shape index (κ2) is 8.32. The van der Waals surface area contributed by atoms with Crippen molar-refractivity contribution in [3.8, 4) is 11.5 Å². The van der Waals surface area contributed by atoms with Crippen LogP contribution in [-0.4, -0.2) is 55.7 Å². The van der Waals surface area contributed by atoms with Crippen LogP contribution < -0.4 is 9.47 Å². The Balaban J connectivity index is 1.32. The average Bonchev–Trinajstić information content (AvgIpc) is 3.13. The largest absolute Gasteiger partial charge is 0.493 e. The maximum atomic E-state index is 5.72. The summed E-state index contributed by atoms with van der Waals surface area (Å²) in [5, 5.41) is 0. The third kappa shape index (κ3) is 4.12. The van der Waals surface area contributed by atoms with E-state index in [4.69, 9.17) is 9.47 Å². The molecule has 0 amide bonds. The fraction of sp³-hybridized carbons (Fsp3) is 0.478. The van der Waals surface area contributed by atoms with Gasteiger partial charge < -0.3 is 9.47 Å². The summed E-state index contributed by atoms with van der Waals surface area (Å²) >= 11 is 0. The number of piperazine rings is 1. The summed E-state index contributed by atoms with van der Waals surface area (Å²) < 4.78 is 11.1. The van der Waals surface area contributed by atoms with Gasteiger partial charge in [0, 0.05) is 38.8 Å². The number of rotatable bonds is 6. The zero-order valence-corrected chi connectivity index (χ0v) is 16.5. The van der Waals surface area contributed by atoms with Gasteiger partial charge in [0.1, 0.15) is 0 Å². The van der Waals surface area contributed by atoms with E-state index in [0.717, 1.165) is 44.2 Å². The highest BCUT2D eigenvalue weighted by Crippen LogP contribution is 2.29. The van der Waals surface area contributed by atoms with E-state index < -0.39 is 0 Å². The molecule has 1 aliphatic heterocycles. The summed E-state index contributed by atoms with van der Waals surface area (Å²) in [6.45, 7) is 8.21. The highest BCUT2D eigenvalue weighted by atomic mass is 16.5. The molecule has 1 heterocycles. The molecule has 1 fully saturated rings. The Bertz CT molecular complexity index is 744. The molecule has 4 rings (SSSR count). The van der Waals surface area contributed by atoms with Crippen molar-refractivity contribution in [1.29, 1.82) is 0 Å². The first-order valence-electron chi connectivity index (χ1n) is 10.1. The van der Waals surface area contributed by atoms with Crippen molar-refractivity contribution in [1.82, 2.24) is 9.80 Å². The van der Waals surface area contributed by atoms with Crippen LogP contribution in [0.2, 0.25) is 0 Å². The fourth-order valence-corrected chi connectivity index (χ4v) is 4.43. The van der Waals surface area contributed by atoms with Crippen LogP contribution in [0.3, 0.4) is 0 Å². The van der Waals surface area contributed by atoms with Crippen LogP contribution in [0.4, 0.5) is 0 Å². The lowest BCUT2D eigenvalue weighted by Gasteiger charge is -2.38. The summed E-state index contributed by atoms with van der Waals surface area (Å²) in [5.74, 6) is 1.66. The second-order valence-corrected chi connectivity index (χ2v) is 7.56. The molecule has 0 N–H and O–H groups in total. The van der Waals surface area contributed by atoms with E-state index >= 15 is 0 Å². The van der Waals surface area contributed by atoms with E-state index in [9.17, 15) is 0 Å². The molecule has 1 saturated heterocycles. The summed E-state index contributed by atoms with van der Waals surface area (Å²) in [6.07, 6.45) is 2.43. The molecule has 0 unspecified atom stereocenters. The SMILES string of the molecule is CCOc1cc(CN2CCN(C3Cc4ccccc4C3)CC2)ccc1OC. The van der Waals surface area contributed by atoms with Crippen molar-refractivity contribution in [2.45, 2.75) is 32.4 Å². The third-order valence-corrected chi connectivity index (χ3v) is 5.89. The molecule has 2 aromatic rings. The first-order valence-corrected chi connectivity index (χ1v) is 10.1. The number of benzene rings is 2. The van der Waals surface area contributed by atoms with Gasteiger partial charge in [-0.15, -0.1) is 0 Å². The first-order chi connectivity index (χ1) is 13.3. The van der Waals surface area contributed by atoms with E-state index in [1.54, 1.807) is 18.2 Å². The summed E-state index contributed by atoms with van der Waals surface area (Å²) in [7, 11) is 1.69. The predicted molar refractivity (Wildman–Crippen MR) is 109 cm³/mol. The molecule has 27 heavy (non-hydrogen) atoms. The van der Waals surface area contributed by atoms with Gasteiger partial charge in [0.2, 0.25) is 0 Å². The maximum absolute atomic E-state index is 5.72. The molecule has 2 aliphatic rings. The quantitative estimate of drug-likeness (QED) is 0.783. The minimum absolute atomic E-state index is 0.655. The van der Waals surface area contributed by atoms with Crippen molar-refractivity contribution in [2.75, 3.05) is 39.9 Å². The fourth-order valence-electron chi connectivity index (χ4n) is 4.43. The number of nitrogens with zero attached hydrogens (tertiary/aromatic N) is 2. The van der Waals surface area contributed by atoms with Gasteiger partial charge >= 0.3 is 0 Å².